The number of rotatable bonds is 6. The van der Waals surface area contributed by atoms with Crippen LogP contribution < -0.4 is 0 Å². The standard InChI is InChI=1S/C18H23NO.ClH/c1-19(2)14-18(20)17(16-11-7-4-8-12-16)13-15-9-5-3-6-10-15;/h3-12,17-18,20H,13-14H2,1-2H3;1H. The van der Waals surface area contributed by atoms with E-state index in [0.717, 1.165) is 6.42 Å². The Labute approximate surface area is 133 Å². The van der Waals surface area contributed by atoms with Crippen molar-refractivity contribution in [1.82, 2.24) is 4.90 Å². The van der Waals surface area contributed by atoms with Gasteiger partial charge >= 0.3 is 0 Å². The topological polar surface area (TPSA) is 23.5 Å². The zero-order chi connectivity index (χ0) is 14.4. The van der Waals surface area contributed by atoms with Gasteiger partial charge in [0.1, 0.15) is 0 Å². The quantitative estimate of drug-likeness (QED) is 0.884. The van der Waals surface area contributed by atoms with Crippen molar-refractivity contribution in [3.8, 4) is 0 Å². The van der Waals surface area contributed by atoms with Crippen LogP contribution in [0.5, 0.6) is 0 Å². The zero-order valence-corrected chi connectivity index (χ0v) is 13.5. The third kappa shape index (κ3) is 5.50. The summed E-state index contributed by atoms with van der Waals surface area (Å²) in [5.41, 5.74) is 2.46. The maximum absolute atomic E-state index is 10.6. The summed E-state index contributed by atoms with van der Waals surface area (Å²) in [6, 6.07) is 20.7. The van der Waals surface area contributed by atoms with Crippen LogP contribution in [-0.2, 0) is 6.42 Å². The maximum Gasteiger partial charge on any atom is 0.0738 e. The van der Waals surface area contributed by atoms with Crippen molar-refractivity contribution in [2.24, 2.45) is 0 Å². The van der Waals surface area contributed by atoms with Gasteiger partial charge in [0.25, 0.3) is 0 Å². The molecule has 0 spiro atoms. The minimum atomic E-state index is -0.368. The molecule has 2 aromatic carbocycles. The van der Waals surface area contributed by atoms with Gasteiger partial charge in [0.15, 0.2) is 0 Å². The molecule has 114 valence electrons. The van der Waals surface area contributed by atoms with Crippen LogP contribution in [0.3, 0.4) is 0 Å². The van der Waals surface area contributed by atoms with Gasteiger partial charge in [0, 0.05) is 12.5 Å². The van der Waals surface area contributed by atoms with Crippen molar-refractivity contribution in [1.29, 1.82) is 0 Å². The van der Waals surface area contributed by atoms with Gasteiger partial charge in [0.05, 0.1) is 6.10 Å². The molecule has 2 unspecified atom stereocenters. The monoisotopic (exact) mass is 305 g/mol. The van der Waals surface area contributed by atoms with Crippen LogP contribution in [0.4, 0.5) is 0 Å². The van der Waals surface area contributed by atoms with Crippen LogP contribution >= 0.6 is 12.4 Å². The molecule has 0 aliphatic rings. The first-order valence-electron chi connectivity index (χ1n) is 7.08. The molecule has 0 aliphatic heterocycles. The molecule has 0 aliphatic carbocycles. The largest absolute Gasteiger partial charge is 0.391 e. The van der Waals surface area contributed by atoms with Gasteiger partial charge in [-0.1, -0.05) is 60.7 Å². The Morgan fingerprint density at radius 2 is 1.43 bits per heavy atom. The molecule has 0 radical (unpaired) electrons. The number of aliphatic hydroxyl groups is 1. The van der Waals surface area contributed by atoms with Crippen molar-refractivity contribution in [2.75, 3.05) is 20.6 Å². The fraction of sp³-hybridized carbons (Fsp3) is 0.333. The molecule has 0 fully saturated rings. The zero-order valence-electron chi connectivity index (χ0n) is 12.6. The van der Waals surface area contributed by atoms with Gasteiger partial charge in [-0.05, 0) is 31.6 Å². The highest BCUT2D eigenvalue weighted by Crippen LogP contribution is 2.25. The lowest BCUT2D eigenvalue weighted by Gasteiger charge is -2.26. The Kier molecular flexibility index (Phi) is 7.44. The van der Waals surface area contributed by atoms with Crippen LogP contribution in [0.2, 0.25) is 0 Å². The predicted octanol–water partition coefficient (Wildman–Crippen LogP) is 3.36. The van der Waals surface area contributed by atoms with E-state index in [-0.39, 0.29) is 24.4 Å². The molecule has 0 amide bonds. The first-order valence-corrected chi connectivity index (χ1v) is 7.08. The van der Waals surface area contributed by atoms with Gasteiger partial charge in [-0.25, -0.2) is 0 Å². The van der Waals surface area contributed by atoms with E-state index in [0.29, 0.717) is 6.54 Å². The van der Waals surface area contributed by atoms with Crippen molar-refractivity contribution >= 4 is 12.4 Å². The Balaban J connectivity index is 0.00000220. The highest BCUT2D eigenvalue weighted by Gasteiger charge is 2.21. The number of benzene rings is 2. The summed E-state index contributed by atoms with van der Waals surface area (Å²) in [5.74, 6) is 0.126. The number of hydrogen-bond acceptors (Lipinski definition) is 2. The molecular weight excluding hydrogens is 282 g/mol. The minimum Gasteiger partial charge on any atom is -0.391 e. The van der Waals surface area contributed by atoms with E-state index < -0.39 is 0 Å². The van der Waals surface area contributed by atoms with Gasteiger partial charge < -0.3 is 10.0 Å². The van der Waals surface area contributed by atoms with E-state index in [1.54, 1.807) is 0 Å². The number of likely N-dealkylation sites (N-methyl/N-ethyl adjacent to an activating group) is 1. The number of hydrogen-bond donors (Lipinski definition) is 1. The second-order valence-corrected chi connectivity index (χ2v) is 5.54. The SMILES string of the molecule is CN(C)CC(O)C(Cc1ccccc1)c1ccccc1.Cl. The van der Waals surface area contributed by atoms with Gasteiger partial charge in [0.2, 0.25) is 0 Å². The lowest BCUT2D eigenvalue weighted by Crippen LogP contribution is -2.32. The lowest BCUT2D eigenvalue weighted by molar-refractivity contribution is 0.109. The predicted molar refractivity (Wildman–Crippen MR) is 91.1 cm³/mol. The molecule has 2 nitrogen and oxygen atoms in total. The molecule has 3 heteroatoms. The minimum absolute atomic E-state index is 0. The van der Waals surface area contributed by atoms with E-state index in [1.165, 1.54) is 11.1 Å². The Bertz CT molecular complexity index is 501. The van der Waals surface area contributed by atoms with Crippen molar-refractivity contribution < 1.29 is 5.11 Å². The average Bonchev–Trinajstić information content (AvgIpc) is 2.46. The van der Waals surface area contributed by atoms with E-state index in [2.05, 4.69) is 36.4 Å². The summed E-state index contributed by atoms with van der Waals surface area (Å²) >= 11 is 0. The summed E-state index contributed by atoms with van der Waals surface area (Å²) in [4.78, 5) is 2.03. The van der Waals surface area contributed by atoms with Crippen LogP contribution in [0.15, 0.2) is 60.7 Å². The normalized spacial score (nSPS) is 13.5. The van der Waals surface area contributed by atoms with E-state index >= 15 is 0 Å². The molecule has 0 bridgehead atoms. The summed E-state index contributed by atoms with van der Waals surface area (Å²) in [6.07, 6.45) is 0.493. The molecular formula is C18H24ClNO. The molecule has 0 heterocycles. The molecule has 21 heavy (non-hydrogen) atoms. The number of halogens is 1. The smallest absolute Gasteiger partial charge is 0.0738 e. The molecule has 2 rings (SSSR count). The summed E-state index contributed by atoms with van der Waals surface area (Å²) in [7, 11) is 3.99. The first-order chi connectivity index (χ1) is 9.66. The van der Waals surface area contributed by atoms with Crippen LogP contribution in [0.1, 0.15) is 17.0 Å². The third-order valence-electron chi connectivity index (χ3n) is 3.54. The first kappa shape index (κ1) is 17.7. The Morgan fingerprint density at radius 3 is 1.95 bits per heavy atom. The molecule has 0 aromatic heterocycles. The van der Waals surface area contributed by atoms with Gasteiger partial charge in [-0.15, -0.1) is 12.4 Å². The van der Waals surface area contributed by atoms with Crippen molar-refractivity contribution in [3.05, 3.63) is 71.8 Å². The highest BCUT2D eigenvalue weighted by molar-refractivity contribution is 5.85. The lowest BCUT2D eigenvalue weighted by atomic mass is 9.87. The second-order valence-electron chi connectivity index (χ2n) is 5.54. The number of nitrogens with zero attached hydrogens (tertiary/aromatic N) is 1. The van der Waals surface area contributed by atoms with Gasteiger partial charge in [-0.2, -0.15) is 0 Å². The summed E-state index contributed by atoms with van der Waals surface area (Å²) in [6.45, 7) is 0.673. The molecule has 0 saturated carbocycles. The second kappa shape index (κ2) is 8.83. The molecule has 2 aromatic rings. The molecule has 0 saturated heterocycles. The van der Waals surface area contributed by atoms with Crippen LogP contribution in [-0.4, -0.2) is 36.8 Å². The summed E-state index contributed by atoms with van der Waals surface area (Å²) < 4.78 is 0. The number of aliphatic hydroxyl groups excluding tert-OH is 1. The Hall–Kier alpha value is -1.35. The fourth-order valence-electron chi connectivity index (χ4n) is 2.55. The van der Waals surface area contributed by atoms with E-state index in [9.17, 15) is 5.11 Å². The average molecular weight is 306 g/mol. The Morgan fingerprint density at radius 1 is 0.905 bits per heavy atom. The van der Waals surface area contributed by atoms with Crippen molar-refractivity contribution in [3.63, 3.8) is 0 Å². The van der Waals surface area contributed by atoms with E-state index in [1.807, 2.05) is 43.3 Å². The van der Waals surface area contributed by atoms with Gasteiger partial charge in [-0.3, -0.25) is 0 Å². The van der Waals surface area contributed by atoms with Crippen LogP contribution in [0.25, 0.3) is 0 Å². The molecule has 2 atom stereocenters. The maximum atomic E-state index is 10.6. The van der Waals surface area contributed by atoms with Crippen LogP contribution in [0, 0.1) is 0 Å². The fourth-order valence-corrected chi connectivity index (χ4v) is 2.55. The third-order valence-corrected chi connectivity index (χ3v) is 3.54. The van der Waals surface area contributed by atoms with Crippen molar-refractivity contribution in [2.45, 2.75) is 18.4 Å². The summed E-state index contributed by atoms with van der Waals surface area (Å²) in [5, 5.41) is 10.6. The van der Waals surface area contributed by atoms with E-state index in [4.69, 9.17) is 0 Å². The highest BCUT2D eigenvalue weighted by atomic mass is 35.5. The molecule has 1 N–H and O–H groups in total.